The topological polar surface area (TPSA) is 95.1 Å². The summed E-state index contributed by atoms with van der Waals surface area (Å²) < 4.78 is 10.5. The molecular formula is C10H13N5O2S. The number of anilines is 2. The maximum Gasteiger partial charge on any atom is 0.344 e. The van der Waals surface area contributed by atoms with Gasteiger partial charge in [0.05, 0.1) is 13.4 Å². The number of carbonyl (C=O) groups excluding carboxylic acids is 1. The molecule has 0 saturated carbocycles. The van der Waals surface area contributed by atoms with Gasteiger partial charge in [-0.15, -0.1) is 0 Å². The van der Waals surface area contributed by atoms with Crippen LogP contribution in [-0.4, -0.2) is 33.5 Å². The molecule has 2 rings (SSSR count). The van der Waals surface area contributed by atoms with Crippen molar-refractivity contribution < 1.29 is 9.53 Å². The Hall–Kier alpha value is -2.09. The van der Waals surface area contributed by atoms with E-state index in [1.54, 1.807) is 12.5 Å². The van der Waals surface area contributed by atoms with Crippen LogP contribution in [0.1, 0.15) is 10.4 Å². The van der Waals surface area contributed by atoms with Crippen LogP contribution >= 0.6 is 11.5 Å². The predicted molar refractivity (Wildman–Crippen MR) is 68.6 cm³/mol. The number of methoxy groups -OCH3 is 1. The minimum Gasteiger partial charge on any atom is -0.465 e. The molecule has 7 nitrogen and oxygen atoms in total. The van der Waals surface area contributed by atoms with E-state index >= 15 is 0 Å². The first-order valence-corrected chi connectivity index (χ1v) is 6.02. The second kappa shape index (κ2) is 5.50. The van der Waals surface area contributed by atoms with Crippen molar-refractivity contribution in [1.82, 2.24) is 13.9 Å². The van der Waals surface area contributed by atoms with Crippen molar-refractivity contribution in [2.75, 3.05) is 24.7 Å². The fourth-order valence-corrected chi connectivity index (χ4v) is 2.17. The summed E-state index contributed by atoms with van der Waals surface area (Å²) in [5.41, 5.74) is 5.93. The molecule has 18 heavy (non-hydrogen) atoms. The van der Waals surface area contributed by atoms with Crippen LogP contribution in [0.3, 0.4) is 0 Å². The molecule has 0 spiro atoms. The number of imidazole rings is 1. The van der Waals surface area contributed by atoms with Crippen molar-refractivity contribution in [3.63, 3.8) is 0 Å². The first-order valence-electron chi connectivity index (χ1n) is 5.25. The van der Waals surface area contributed by atoms with Crippen molar-refractivity contribution >= 4 is 28.3 Å². The van der Waals surface area contributed by atoms with E-state index in [-0.39, 0.29) is 5.82 Å². The van der Waals surface area contributed by atoms with Gasteiger partial charge in [0.15, 0.2) is 5.82 Å². The third kappa shape index (κ3) is 2.59. The van der Waals surface area contributed by atoms with E-state index in [9.17, 15) is 4.79 Å². The molecule has 0 unspecified atom stereocenters. The number of hydrogen-bond donors (Lipinski definition) is 2. The van der Waals surface area contributed by atoms with Gasteiger partial charge >= 0.3 is 5.97 Å². The molecule has 0 atom stereocenters. The molecule has 0 fully saturated rings. The van der Waals surface area contributed by atoms with E-state index in [1.807, 2.05) is 10.8 Å². The Balaban J connectivity index is 1.99. The maximum absolute atomic E-state index is 11.5. The molecule has 0 aliphatic rings. The number of nitrogens with zero attached hydrogens (tertiary/aromatic N) is 3. The van der Waals surface area contributed by atoms with Crippen LogP contribution in [0.25, 0.3) is 0 Å². The molecule has 0 saturated heterocycles. The Kier molecular flexibility index (Phi) is 3.78. The zero-order valence-electron chi connectivity index (χ0n) is 9.79. The molecule has 0 aliphatic heterocycles. The van der Waals surface area contributed by atoms with Gasteiger partial charge in [-0.05, 0) is 11.5 Å². The predicted octanol–water partition coefficient (Wildman–Crippen LogP) is 0.821. The lowest BCUT2D eigenvalue weighted by Gasteiger charge is -2.06. The zero-order chi connectivity index (χ0) is 13.0. The quantitative estimate of drug-likeness (QED) is 0.779. The van der Waals surface area contributed by atoms with Gasteiger partial charge in [0.25, 0.3) is 0 Å². The standard InChI is InChI=1S/C10H13N5O2S/c1-17-10(16)7-8(11)14-18-9(7)13-3-5-15-4-2-12-6-15/h2,4,6,13H,3,5H2,1H3,(H2,11,14). The molecule has 2 aromatic rings. The van der Waals surface area contributed by atoms with Crippen LogP contribution in [0.4, 0.5) is 10.8 Å². The van der Waals surface area contributed by atoms with Gasteiger partial charge in [0, 0.05) is 25.5 Å². The summed E-state index contributed by atoms with van der Waals surface area (Å²) in [6, 6.07) is 0. The second-order valence-electron chi connectivity index (χ2n) is 3.49. The average Bonchev–Trinajstić information content (AvgIpc) is 2.99. The van der Waals surface area contributed by atoms with E-state index in [1.165, 1.54) is 7.11 Å². The van der Waals surface area contributed by atoms with Crippen LogP contribution in [0.5, 0.6) is 0 Å². The Bertz CT molecular complexity index is 522. The van der Waals surface area contributed by atoms with Crippen molar-refractivity contribution in [2.45, 2.75) is 6.54 Å². The smallest absolute Gasteiger partial charge is 0.344 e. The van der Waals surface area contributed by atoms with Gasteiger partial charge in [-0.1, -0.05) is 0 Å². The van der Waals surface area contributed by atoms with Crippen LogP contribution in [0, 0.1) is 0 Å². The van der Waals surface area contributed by atoms with Gasteiger partial charge in [-0.25, -0.2) is 9.78 Å². The number of hydrogen-bond acceptors (Lipinski definition) is 7. The van der Waals surface area contributed by atoms with Crippen LogP contribution in [0.15, 0.2) is 18.7 Å². The molecule has 0 bridgehead atoms. The van der Waals surface area contributed by atoms with Gasteiger partial charge in [-0.3, -0.25) is 0 Å². The van der Waals surface area contributed by atoms with Crippen molar-refractivity contribution in [3.8, 4) is 0 Å². The minimum atomic E-state index is -0.480. The largest absolute Gasteiger partial charge is 0.465 e. The monoisotopic (exact) mass is 267 g/mol. The third-order valence-corrected chi connectivity index (χ3v) is 3.14. The lowest BCUT2D eigenvalue weighted by atomic mass is 10.3. The lowest BCUT2D eigenvalue weighted by Crippen LogP contribution is -2.12. The highest BCUT2D eigenvalue weighted by Crippen LogP contribution is 2.27. The SMILES string of the molecule is COC(=O)c1c(N)nsc1NCCn1ccnc1. The molecule has 2 aromatic heterocycles. The van der Waals surface area contributed by atoms with Gasteiger partial charge in [-0.2, -0.15) is 4.37 Å². The zero-order valence-corrected chi connectivity index (χ0v) is 10.6. The van der Waals surface area contributed by atoms with Crippen molar-refractivity contribution in [1.29, 1.82) is 0 Å². The van der Waals surface area contributed by atoms with E-state index in [4.69, 9.17) is 5.73 Å². The summed E-state index contributed by atoms with van der Waals surface area (Å²) in [6.07, 6.45) is 5.30. The van der Waals surface area contributed by atoms with Gasteiger partial charge in [0.1, 0.15) is 10.6 Å². The summed E-state index contributed by atoms with van der Waals surface area (Å²) in [5, 5.41) is 3.74. The highest BCUT2D eigenvalue weighted by Gasteiger charge is 2.19. The molecule has 8 heteroatoms. The number of nitrogen functional groups attached to an aromatic ring is 1. The van der Waals surface area contributed by atoms with Crippen molar-refractivity contribution in [2.24, 2.45) is 0 Å². The fraction of sp³-hybridized carbons (Fsp3) is 0.300. The Labute approximate surface area is 108 Å². The lowest BCUT2D eigenvalue weighted by molar-refractivity contribution is 0.0603. The Morgan fingerprint density at radius 2 is 2.50 bits per heavy atom. The first kappa shape index (κ1) is 12.4. The number of rotatable bonds is 5. The number of aromatic nitrogens is 3. The number of nitrogens with one attached hydrogen (secondary N) is 1. The van der Waals surface area contributed by atoms with E-state index < -0.39 is 5.97 Å². The third-order valence-electron chi connectivity index (χ3n) is 2.32. The van der Waals surface area contributed by atoms with Crippen molar-refractivity contribution in [3.05, 3.63) is 24.3 Å². The molecule has 0 aliphatic carbocycles. The molecule has 96 valence electrons. The number of carbonyl (C=O) groups is 1. The molecule has 0 radical (unpaired) electrons. The molecule has 0 aromatic carbocycles. The van der Waals surface area contributed by atoms with Crippen LogP contribution in [-0.2, 0) is 11.3 Å². The molecule has 3 N–H and O–H groups in total. The normalized spacial score (nSPS) is 10.3. The maximum atomic E-state index is 11.5. The Morgan fingerprint density at radius 1 is 1.67 bits per heavy atom. The highest BCUT2D eigenvalue weighted by atomic mass is 32.1. The molecule has 2 heterocycles. The summed E-state index contributed by atoms with van der Waals surface area (Å²) in [4.78, 5) is 15.5. The van der Waals surface area contributed by atoms with E-state index in [0.717, 1.165) is 18.1 Å². The number of esters is 1. The first-order chi connectivity index (χ1) is 8.72. The summed E-state index contributed by atoms with van der Waals surface area (Å²) in [5.74, 6) is -0.289. The molecule has 0 amide bonds. The minimum absolute atomic E-state index is 0.192. The Morgan fingerprint density at radius 3 is 3.17 bits per heavy atom. The van der Waals surface area contributed by atoms with Gasteiger partial charge < -0.3 is 20.4 Å². The highest BCUT2D eigenvalue weighted by molar-refractivity contribution is 7.11. The van der Waals surface area contributed by atoms with Gasteiger partial charge in [0.2, 0.25) is 0 Å². The van der Waals surface area contributed by atoms with Crippen LogP contribution < -0.4 is 11.1 Å². The summed E-state index contributed by atoms with van der Waals surface area (Å²) in [6.45, 7) is 1.38. The number of ether oxygens (including phenoxy) is 1. The summed E-state index contributed by atoms with van der Waals surface area (Å²) >= 11 is 1.15. The fourth-order valence-electron chi connectivity index (χ4n) is 1.44. The van der Waals surface area contributed by atoms with E-state index in [0.29, 0.717) is 17.1 Å². The number of nitrogens with two attached hydrogens (primary N) is 1. The summed E-state index contributed by atoms with van der Waals surface area (Å²) in [7, 11) is 1.31. The van der Waals surface area contributed by atoms with E-state index in [2.05, 4.69) is 19.4 Å². The van der Waals surface area contributed by atoms with Crippen LogP contribution in [0.2, 0.25) is 0 Å². The molecular weight excluding hydrogens is 254 g/mol. The average molecular weight is 267 g/mol. The second-order valence-corrected chi connectivity index (χ2v) is 4.26.